The van der Waals surface area contributed by atoms with E-state index in [0.29, 0.717) is 18.7 Å². The third kappa shape index (κ3) is 1.65. The second-order valence-electron chi connectivity index (χ2n) is 5.62. The summed E-state index contributed by atoms with van der Waals surface area (Å²) < 4.78 is 5.84. The summed E-state index contributed by atoms with van der Waals surface area (Å²) in [6.45, 7) is 0.703. The average molecular weight is 242 g/mol. The summed E-state index contributed by atoms with van der Waals surface area (Å²) in [5.74, 6) is 1.71. The Balaban J connectivity index is 1.54. The molecule has 4 rings (SSSR count). The lowest BCUT2D eigenvalue weighted by Gasteiger charge is -2.22. The van der Waals surface area contributed by atoms with Crippen LogP contribution >= 0.6 is 0 Å². The molecule has 0 spiro atoms. The fourth-order valence-electron chi connectivity index (χ4n) is 3.54. The molecule has 3 aliphatic rings. The van der Waals surface area contributed by atoms with Crippen molar-refractivity contribution >= 4 is 5.90 Å². The van der Waals surface area contributed by atoms with Gasteiger partial charge in [0.15, 0.2) is 0 Å². The van der Waals surface area contributed by atoms with Crippen LogP contribution in [0.3, 0.4) is 0 Å². The van der Waals surface area contributed by atoms with Gasteiger partial charge in [-0.2, -0.15) is 0 Å². The molecule has 1 saturated carbocycles. The number of fused-ring (bicyclic) bond motifs is 2. The quantitative estimate of drug-likeness (QED) is 0.863. The van der Waals surface area contributed by atoms with Crippen molar-refractivity contribution in [3.05, 3.63) is 35.9 Å². The Morgan fingerprint density at radius 1 is 1.17 bits per heavy atom. The van der Waals surface area contributed by atoms with Crippen LogP contribution in [-0.2, 0) is 4.74 Å². The van der Waals surface area contributed by atoms with Gasteiger partial charge in [-0.3, -0.25) is 0 Å². The molecule has 0 radical (unpaired) electrons. The summed E-state index contributed by atoms with van der Waals surface area (Å²) in [7, 11) is 0. The van der Waals surface area contributed by atoms with Gasteiger partial charge in [-0.25, -0.2) is 4.99 Å². The Morgan fingerprint density at radius 3 is 2.78 bits per heavy atom. The van der Waals surface area contributed by atoms with E-state index in [1.165, 1.54) is 24.8 Å². The zero-order valence-electron chi connectivity index (χ0n) is 10.4. The Hall–Kier alpha value is -1.35. The largest absolute Gasteiger partial charge is 0.477 e. The first kappa shape index (κ1) is 10.6. The number of nitrogens with zero attached hydrogens (tertiary/aromatic N) is 1. The van der Waals surface area contributed by atoms with E-state index in [-0.39, 0.29) is 6.04 Å². The summed E-state index contributed by atoms with van der Waals surface area (Å²) in [4.78, 5) is 4.79. The van der Waals surface area contributed by atoms with Gasteiger partial charge in [0.05, 0.1) is 6.04 Å². The molecule has 94 valence electrons. The number of ether oxygens (including phenoxy) is 1. The van der Waals surface area contributed by atoms with Gasteiger partial charge in [0.25, 0.3) is 0 Å². The Morgan fingerprint density at radius 2 is 2.06 bits per heavy atom. The predicted molar refractivity (Wildman–Crippen MR) is 70.6 cm³/mol. The smallest absolute Gasteiger partial charge is 0.202 e. The van der Waals surface area contributed by atoms with E-state index in [0.717, 1.165) is 11.8 Å². The van der Waals surface area contributed by atoms with Crippen molar-refractivity contribution in [3.8, 4) is 0 Å². The SMILES string of the molecule is c1ccc([C@@H]2COC([C@@H]3N[C@H]4CC[C@@H]3C4)=N2)cc1. The molecule has 3 heteroatoms. The number of benzene rings is 1. The Kier molecular flexibility index (Phi) is 2.40. The van der Waals surface area contributed by atoms with E-state index < -0.39 is 0 Å². The first-order chi connectivity index (χ1) is 8.90. The van der Waals surface area contributed by atoms with Crippen molar-refractivity contribution in [2.24, 2.45) is 10.9 Å². The van der Waals surface area contributed by atoms with Gasteiger partial charge in [-0.1, -0.05) is 30.3 Å². The minimum Gasteiger partial charge on any atom is -0.477 e. The van der Waals surface area contributed by atoms with E-state index in [2.05, 4.69) is 29.6 Å². The maximum Gasteiger partial charge on any atom is 0.202 e. The van der Waals surface area contributed by atoms with Crippen molar-refractivity contribution in [2.45, 2.75) is 37.4 Å². The van der Waals surface area contributed by atoms with Crippen LogP contribution in [0.25, 0.3) is 0 Å². The van der Waals surface area contributed by atoms with Gasteiger partial charge in [-0.15, -0.1) is 0 Å². The molecule has 1 N–H and O–H groups in total. The number of nitrogens with one attached hydrogen (secondary N) is 1. The summed E-state index contributed by atoms with van der Waals surface area (Å²) in [5, 5.41) is 3.65. The molecule has 0 unspecified atom stereocenters. The van der Waals surface area contributed by atoms with Gasteiger partial charge in [0, 0.05) is 6.04 Å². The summed E-state index contributed by atoms with van der Waals surface area (Å²) >= 11 is 0. The lowest BCUT2D eigenvalue weighted by Crippen LogP contribution is -2.41. The van der Waals surface area contributed by atoms with E-state index in [1.807, 2.05) is 6.07 Å². The van der Waals surface area contributed by atoms with E-state index in [1.54, 1.807) is 0 Å². The van der Waals surface area contributed by atoms with Gasteiger partial charge < -0.3 is 10.1 Å². The minimum atomic E-state index is 0.196. The maximum absolute atomic E-state index is 5.84. The lowest BCUT2D eigenvalue weighted by atomic mass is 10.00. The maximum atomic E-state index is 5.84. The number of hydrogen-bond donors (Lipinski definition) is 1. The Bertz CT molecular complexity index is 471. The third-order valence-electron chi connectivity index (χ3n) is 4.48. The van der Waals surface area contributed by atoms with Gasteiger partial charge in [0.2, 0.25) is 5.90 Å². The summed E-state index contributed by atoms with van der Waals surface area (Å²) in [5.41, 5.74) is 1.26. The summed E-state index contributed by atoms with van der Waals surface area (Å²) in [6.07, 6.45) is 3.97. The molecule has 2 aliphatic heterocycles. The number of hydrogen-bond acceptors (Lipinski definition) is 3. The van der Waals surface area contributed by atoms with Crippen molar-refractivity contribution < 1.29 is 4.74 Å². The lowest BCUT2D eigenvalue weighted by molar-refractivity contribution is 0.289. The van der Waals surface area contributed by atoms with E-state index in [4.69, 9.17) is 9.73 Å². The standard InChI is InChI=1S/C15H18N2O/c1-2-4-10(5-3-1)13-9-18-15(17-13)14-11-6-7-12(8-11)16-14/h1-5,11-14,16H,6-9H2/t11-,12+,13+,14-/m1/s1. The van der Waals surface area contributed by atoms with E-state index >= 15 is 0 Å². The highest BCUT2D eigenvalue weighted by molar-refractivity contribution is 5.84. The highest BCUT2D eigenvalue weighted by Crippen LogP contribution is 2.37. The molecule has 2 fully saturated rings. The molecule has 0 amide bonds. The molecule has 2 bridgehead atoms. The fourth-order valence-corrected chi connectivity index (χ4v) is 3.54. The highest BCUT2D eigenvalue weighted by Gasteiger charge is 2.43. The van der Waals surface area contributed by atoms with Crippen LogP contribution in [0.15, 0.2) is 35.3 Å². The monoisotopic (exact) mass is 242 g/mol. The van der Waals surface area contributed by atoms with Crippen LogP contribution < -0.4 is 5.32 Å². The summed E-state index contributed by atoms with van der Waals surface area (Å²) in [6, 6.07) is 11.7. The van der Waals surface area contributed by atoms with Crippen LogP contribution in [0, 0.1) is 5.92 Å². The normalized spacial score (nSPS) is 37.7. The van der Waals surface area contributed by atoms with Crippen LogP contribution in [0.5, 0.6) is 0 Å². The number of rotatable bonds is 2. The second-order valence-corrected chi connectivity index (χ2v) is 5.62. The molecule has 1 saturated heterocycles. The van der Waals surface area contributed by atoms with Crippen molar-refractivity contribution in [1.82, 2.24) is 5.32 Å². The zero-order chi connectivity index (χ0) is 11.9. The fraction of sp³-hybridized carbons (Fsp3) is 0.533. The molecule has 2 heterocycles. The minimum absolute atomic E-state index is 0.196. The highest BCUT2D eigenvalue weighted by atomic mass is 16.5. The molecule has 1 aliphatic carbocycles. The first-order valence-electron chi connectivity index (χ1n) is 6.91. The third-order valence-corrected chi connectivity index (χ3v) is 4.48. The first-order valence-corrected chi connectivity index (χ1v) is 6.91. The molecule has 1 aromatic carbocycles. The van der Waals surface area contributed by atoms with Gasteiger partial charge in [0.1, 0.15) is 12.6 Å². The van der Waals surface area contributed by atoms with Crippen LogP contribution in [0.4, 0.5) is 0 Å². The number of piperidine rings is 1. The van der Waals surface area contributed by atoms with Gasteiger partial charge >= 0.3 is 0 Å². The molecule has 4 atom stereocenters. The average Bonchev–Trinajstić information content (AvgIpc) is 3.15. The molecular weight excluding hydrogens is 224 g/mol. The van der Waals surface area contributed by atoms with Crippen molar-refractivity contribution in [2.75, 3.05) is 6.61 Å². The van der Waals surface area contributed by atoms with Crippen LogP contribution in [0.2, 0.25) is 0 Å². The van der Waals surface area contributed by atoms with Crippen molar-refractivity contribution in [1.29, 1.82) is 0 Å². The van der Waals surface area contributed by atoms with Crippen molar-refractivity contribution in [3.63, 3.8) is 0 Å². The Labute approximate surface area is 107 Å². The van der Waals surface area contributed by atoms with Crippen LogP contribution in [-0.4, -0.2) is 24.6 Å². The molecule has 0 aromatic heterocycles. The van der Waals surface area contributed by atoms with Crippen LogP contribution in [0.1, 0.15) is 30.9 Å². The second kappa shape index (κ2) is 4.09. The zero-order valence-corrected chi connectivity index (χ0v) is 10.4. The molecular formula is C15H18N2O. The predicted octanol–water partition coefficient (Wildman–Crippen LogP) is 2.30. The topological polar surface area (TPSA) is 33.6 Å². The molecule has 1 aromatic rings. The number of aliphatic imine (C=N–C) groups is 1. The molecule has 3 nitrogen and oxygen atoms in total. The van der Waals surface area contributed by atoms with Gasteiger partial charge in [-0.05, 0) is 30.7 Å². The molecule has 18 heavy (non-hydrogen) atoms. The van der Waals surface area contributed by atoms with E-state index in [9.17, 15) is 0 Å².